The molecule has 0 unspecified atom stereocenters. The fraction of sp³-hybridized carbons (Fsp3) is 0.583. The van der Waals surface area contributed by atoms with Gasteiger partial charge in [0.05, 0.1) is 13.5 Å². The SMILES string of the molecule is COC(=O)CC1(CSc2nc(N)ncc2C)CC1. The molecule has 1 heterocycles. The van der Waals surface area contributed by atoms with E-state index < -0.39 is 0 Å². The Labute approximate surface area is 111 Å². The summed E-state index contributed by atoms with van der Waals surface area (Å²) in [7, 11) is 1.43. The summed E-state index contributed by atoms with van der Waals surface area (Å²) in [5, 5.41) is 0.902. The number of hydrogen-bond donors (Lipinski definition) is 1. The molecule has 2 rings (SSSR count). The third-order valence-corrected chi connectivity index (χ3v) is 4.61. The number of esters is 1. The third kappa shape index (κ3) is 3.13. The number of aryl methyl sites for hydroxylation is 1. The number of nitrogens with zero attached hydrogens (tertiary/aromatic N) is 2. The van der Waals surface area contributed by atoms with E-state index in [2.05, 4.69) is 9.97 Å². The van der Waals surface area contributed by atoms with Crippen LogP contribution in [0.25, 0.3) is 0 Å². The van der Waals surface area contributed by atoms with Crippen LogP contribution in [0.1, 0.15) is 24.8 Å². The maximum absolute atomic E-state index is 11.3. The van der Waals surface area contributed by atoms with Crippen LogP contribution in [-0.4, -0.2) is 28.8 Å². The van der Waals surface area contributed by atoms with E-state index in [0.29, 0.717) is 12.4 Å². The number of carbonyl (C=O) groups excluding carboxylic acids is 1. The molecule has 1 aromatic heterocycles. The Kier molecular flexibility index (Phi) is 3.75. The Balaban J connectivity index is 1.95. The zero-order valence-electron chi connectivity index (χ0n) is 10.6. The van der Waals surface area contributed by atoms with Crippen molar-refractivity contribution in [3.8, 4) is 0 Å². The van der Waals surface area contributed by atoms with Gasteiger partial charge in [0.1, 0.15) is 5.03 Å². The normalized spacial score (nSPS) is 16.3. The first-order valence-corrected chi connectivity index (χ1v) is 6.82. The predicted molar refractivity (Wildman–Crippen MR) is 70.2 cm³/mol. The highest BCUT2D eigenvalue weighted by molar-refractivity contribution is 7.99. The number of nitrogens with two attached hydrogens (primary N) is 1. The first kappa shape index (κ1) is 13.1. The van der Waals surface area contributed by atoms with Gasteiger partial charge in [-0.3, -0.25) is 4.79 Å². The summed E-state index contributed by atoms with van der Waals surface area (Å²) in [4.78, 5) is 19.5. The van der Waals surface area contributed by atoms with E-state index in [4.69, 9.17) is 10.5 Å². The first-order valence-electron chi connectivity index (χ1n) is 5.83. The van der Waals surface area contributed by atoms with Crippen molar-refractivity contribution in [1.29, 1.82) is 0 Å². The van der Waals surface area contributed by atoms with Crippen LogP contribution in [0.15, 0.2) is 11.2 Å². The number of methoxy groups -OCH3 is 1. The molecule has 0 atom stereocenters. The zero-order chi connectivity index (χ0) is 13.2. The maximum Gasteiger partial charge on any atom is 0.306 e. The van der Waals surface area contributed by atoms with Crippen molar-refractivity contribution in [2.24, 2.45) is 5.41 Å². The van der Waals surface area contributed by atoms with Gasteiger partial charge in [-0.2, -0.15) is 0 Å². The quantitative estimate of drug-likeness (QED) is 0.498. The van der Waals surface area contributed by atoms with Crippen LogP contribution in [0, 0.1) is 12.3 Å². The maximum atomic E-state index is 11.3. The van der Waals surface area contributed by atoms with Gasteiger partial charge in [-0.15, -0.1) is 11.8 Å². The Bertz CT molecular complexity index is 461. The van der Waals surface area contributed by atoms with Crippen molar-refractivity contribution in [2.45, 2.75) is 31.2 Å². The largest absolute Gasteiger partial charge is 0.469 e. The monoisotopic (exact) mass is 267 g/mol. The average Bonchev–Trinajstić information content (AvgIpc) is 3.10. The van der Waals surface area contributed by atoms with Crippen LogP contribution in [0.4, 0.5) is 5.95 Å². The van der Waals surface area contributed by atoms with Gasteiger partial charge in [-0.1, -0.05) is 0 Å². The van der Waals surface area contributed by atoms with Gasteiger partial charge in [-0.25, -0.2) is 9.97 Å². The molecular weight excluding hydrogens is 250 g/mol. The number of rotatable bonds is 5. The molecule has 0 saturated heterocycles. The number of anilines is 1. The number of thioether (sulfide) groups is 1. The topological polar surface area (TPSA) is 78.1 Å². The molecule has 0 aliphatic heterocycles. The first-order chi connectivity index (χ1) is 8.54. The molecule has 5 nitrogen and oxygen atoms in total. The molecule has 6 heteroatoms. The molecule has 1 aromatic rings. The van der Waals surface area contributed by atoms with Gasteiger partial charge in [0.2, 0.25) is 5.95 Å². The van der Waals surface area contributed by atoms with Crippen LogP contribution in [-0.2, 0) is 9.53 Å². The highest BCUT2D eigenvalue weighted by atomic mass is 32.2. The van der Waals surface area contributed by atoms with Gasteiger partial charge in [0.15, 0.2) is 0 Å². The van der Waals surface area contributed by atoms with Gasteiger partial charge in [0.25, 0.3) is 0 Å². The summed E-state index contributed by atoms with van der Waals surface area (Å²) >= 11 is 1.64. The lowest BCUT2D eigenvalue weighted by Gasteiger charge is -2.13. The lowest BCUT2D eigenvalue weighted by atomic mass is 10.1. The molecule has 0 radical (unpaired) electrons. The highest BCUT2D eigenvalue weighted by Crippen LogP contribution is 2.52. The van der Waals surface area contributed by atoms with Crippen molar-refractivity contribution in [2.75, 3.05) is 18.6 Å². The summed E-state index contributed by atoms with van der Waals surface area (Å²) in [6.45, 7) is 1.96. The van der Waals surface area contributed by atoms with Crippen molar-refractivity contribution < 1.29 is 9.53 Å². The second-order valence-corrected chi connectivity index (χ2v) is 5.72. The molecule has 1 fully saturated rings. The van der Waals surface area contributed by atoms with Crippen LogP contribution in [0.2, 0.25) is 0 Å². The molecule has 0 spiro atoms. The van der Waals surface area contributed by atoms with Gasteiger partial charge >= 0.3 is 5.97 Å². The Morgan fingerprint density at radius 2 is 2.33 bits per heavy atom. The Morgan fingerprint density at radius 3 is 2.94 bits per heavy atom. The number of carbonyl (C=O) groups is 1. The lowest BCUT2D eigenvalue weighted by molar-refractivity contribution is -0.141. The summed E-state index contributed by atoms with van der Waals surface area (Å²) in [6, 6.07) is 0. The van der Waals surface area contributed by atoms with E-state index in [1.165, 1.54) is 7.11 Å². The molecule has 98 valence electrons. The number of hydrogen-bond acceptors (Lipinski definition) is 6. The van der Waals surface area contributed by atoms with E-state index in [-0.39, 0.29) is 11.4 Å². The van der Waals surface area contributed by atoms with Crippen LogP contribution in [0.3, 0.4) is 0 Å². The van der Waals surface area contributed by atoms with Gasteiger partial charge in [0, 0.05) is 11.9 Å². The molecule has 1 saturated carbocycles. The van der Waals surface area contributed by atoms with E-state index in [1.54, 1.807) is 18.0 Å². The molecule has 2 N–H and O–H groups in total. The molecular formula is C12H17N3O2S. The molecule has 18 heavy (non-hydrogen) atoms. The second kappa shape index (κ2) is 5.14. The fourth-order valence-corrected chi connectivity index (χ4v) is 3.01. The number of ether oxygens (including phenoxy) is 1. The fourth-order valence-electron chi connectivity index (χ4n) is 1.73. The minimum atomic E-state index is -0.132. The molecule has 0 aromatic carbocycles. The zero-order valence-corrected chi connectivity index (χ0v) is 11.4. The standard InChI is InChI=1S/C12H17N3O2S/c1-8-6-14-11(13)15-10(8)18-7-12(3-4-12)5-9(16)17-2/h6H,3-5,7H2,1-2H3,(H2,13,14,15). The highest BCUT2D eigenvalue weighted by Gasteiger charge is 2.44. The van der Waals surface area contributed by atoms with Crippen molar-refractivity contribution >= 4 is 23.7 Å². The second-order valence-electron chi connectivity index (χ2n) is 4.76. The van der Waals surface area contributed by atoms with E-state index in [9.17, 15) is 4.79 Å². The summed E-state index contributed by atoms with van der Waals surface area (Å²) in [5.74, 6) is 1.03. The van der Waals surface area contributed by atoms with Crippen molar-refractivity contribution in [3.05, 3.63) is 11.8 Å². The van der Waals surface area contributed by atoms with Crippen molar-refractivity contribution in [1.82, 2.24) is 9.97 Å². The van der Waals surface area contributed by atoms with Gasteiger partial charge < -0.3 is 10.5 Å². The average molecular weight is 267 g/mol. The summed E-state index contributed by atoms with van der Waals surface area (Å²) in [6.07, 6.45) is 4.38. The van der Waals surface area contributed by atoms with Crippen LogP contribution < -0.4 is 5.73 Å². The van der Waals surface area contributed by atoms with E-state index >= 15 is 0 Å². The third-order valence-electron chi connectivity index (χ3n) is 3.16. The van der Waals surface area contributed by atoms with Crippen LogP contribution >= 0.6 is 11.8 Å². The number of nitrogen functional groups attached to an aromatic ring is 1. The van der Waals surface area contributed by atoms with E-state index in [0.717, 1.165) is 29.2 Å². The molecule has 0 amide bonds. The molecule has 1 aliphatic rings. The molecule has 1 aliphatic carbocycles. The smallest absolute Gasteiger partial charge is 0.306 e. The predicted octanol–water partition coefficient (Wildman–Crippen LogP) is 1.80. The van der Waals surface area contributed by atoms with Gasteiger partial charge in [-0.05, 0) is 30.7 Å². The minimum Gasteiger partial charge on any atom is -0.469 e. The summed E-state index contributed by atoms with van der Waals surface area (Å²) < 4.78 is 4.73. The van der Waals surface area contributed by atoms with Crippen molar-refractivity contribution in [3.63, 3.8) is 0 Å². The summed E-state index contributed by atoms with van der Waals surface area (Å²) in [5.41, 5.74) is 6.69. The lowest BCUT2D eigenvalue weighted by Crippen LogP contribution is -2.13. The Hall–Kier alpha value is -1.30. The minimum absolute atomic E-state index is 0.101. The number of aromatic nitrogens is 2. The molecule has 0 bridgehead atoms. The van der Waals surface area contributed by atoms with Crippen LogP contribution in [0.5, 0.6) is 0 Å². The Morgan fingerprint density at radius 1 is 1.61 bits per heavy atom. The van der Waals surface area contributed by atoms with E-state index in [1.807, 2.05) is 6.92 Å².